The van der Waals surface area contributed by atoms with E-state index in [1.54, 1.807) is 11.3 Å². The van der Waals surface area contributed by atoms with Crippen LogP contribution in [0.1, 0.15) is 84.0 Å². The second kappa shape index (κ2) is 14.8. The van der Waals surface area contributed by atoms with Crippen LogP contribution in [0, 0.1) is 11.8 Å². The number of hydrogen-bond acceptors (Lipinski definition) is 9. The summed E-state index contributed by atoms with van der Waals surface area (Å²) >= 11 is 1.67. The Morgan fingerprint density at radius 1 is 0.804 bits per heavy atom. The molecule has 4 N–H and O–H groups in total. The minimum Gasteiger partial charge on any atom is -0.453 e. The third kappa shape index (κ3) is 6.71. The molecule has 15 heteroatoms. The van der Waals surface area contributed by atoms with Crippen molar-refractivity contribution in [2.24, 2.45) is 11.8 Å². The maximum absolute atomic E-state index is 13.7. The normalized spacial score (nSPS) is 18.5. The quantitative estimate of drug-likeness (QED) is 0.125. The molecule has 0 aliphatic carbocycles. The van der Waals surface area contributed by atoms with Gasteiger partial charge in [-0.15, -0.1) is 11.3 Å². The molecule has 292 valence electrons. The van der Waals surface area contributed by atoms with Crippen molar-refractivity contribution in [1.82, 2.24) is 45.4 Å². The minimum atomic E-state index is -0.707. The number of imidazole rings is 2. The molecule has 0 saturated carbocycles. The molecule has 0 unspecified atom stereocenters. The number of carbonyl (C=O) groups is 4. The number of ether oxygens (including phenoxy) is 1. The Morgan fingerprint density at radius 2 is 1.38 bits per heavy atom. The van der Waals surface area contributed by atoms with E-state index in [1.807, 2.05) is 61.9 Å². The predicted octanol–water partition coefficient (Wildman–Crippen LogP) is 6.74. The lowest BCUT2D eigenvalue weighted by atomic mass is 10.0. The predicted molar refractivity (Wildman–Crippen MR) is 216 cm³/mol. The van der Waals surface area contributed by atoms with Crippen LogP contribution in [0.15, 0.2) is 42.6 Å². The lowest BCUT2D eigenvalue weighted by Crippen LogP contribution is -2.51. The first-order chi connectivity index (χ1) is 26.9. The van der Waals surface area contributed by atoms with Gasteiger partial charge in [-0.2, -0.15) is 0 Å². The monoisotopic (exact) mass is 777 g/mol. The lowest BCUT2D eigenvalue weighted by molar-refractivity contribution is -0.138. The third-order valence-corrected chi connectivity index (χ3v) is 12.4. The van der Waals surface area contributed by atoms with Gasteiger partial charge in [0.1, 0.15) is 23.7 Å². The van der Waals surface area contributed by atoms with Gasteiger partial charge in [-0.25, -0.2) is 14.8 Å². The first kappa shape index (κ1) is 37.4. The summed E-state index contributed by atoms with van der Waals surface area (Å²) in [4.78, 5) is 78.0. The minimum absolute atomic E-state index is 0.0397. The number of pyridine rings is 1. The summed E-state index contributed by atoms with van der Waals surface area (Å²) < 4.78 is 5.86. The van der Waals surface area contributed by atoms with Crippen LogP contribution in [-0.2, 0) is 19.1 Å². The number of carbonyl (C=O) groups excluding carboxylic acids is 4. The largest absolute Gasteiger partial charge is 0.453 e. The molecule has 2 saturated heterocycles. The number of hydrogen-bond donors (Lipinski definition) is 4. The van der Waals surface area contributed by atoms with E-state index in [1.165, 1.54) is 14.0 Å². The van der Waals surface area contributed by atoms with Gasteiger partial charge in [0.25, 0.3) is 0 Å². The summed E-state index contributed by atoms with van der Waals surface area (Å²) in [6.07, 6.45) is 4.52. The van der Waals surface area contributed by atoms with Crippen LogP contribution >= 0.6 is 11.3 Å². The van der Waals surface area contributed by atoms with Crippen LogP contribution in [0.2, 0.25) is 0 Å². The number of benzene rings is 2. The van der Waals surface area contributed by atoms with Gasteiger partial charge in [0.05, 0.1) is 51.5 Å². The highest BCUT2D eigenvalue weighted by Gasteiger charge is 2.39. The zero-order valence-electron chi connectivity index (χ0n) is 32.4. The highest BCUT2D eigenvalue weighted by Crippen LogP contribution is 2.40. The molecule has 0 bridgehead atoms. The molecule has 8 rings (SSSR count). The van der Waals surface area contributed by atoms with Crippen LogP contribution in [-0.4, -0.2) is 90.8 Å². The average molecular weight is 778 g/mol. The van der Waals surface area contributed by atoms with Crippen molar-refractivity contribution in [2.45, 2.75) is 84.5 Å². The van der Waals surface area contributed by atoms with E-state index in [4.69, 9.17) is 19.7 Å². The molecule has 4 aromatic heterocycles. The molecule has 6 aromatic rings. The Hall–Kier alpha value is -5.57. The van der Waals surface area contributed by atoms with Crippen LogP contribution in [0.4, 0.5) is 4.79 Å². The van der Waals surface area contributed by atoms with Gasteiger partial charge in [0.2, 0.25) is 17.7 Å². The first-order valence-corrected chi connectivity index (χ1v) is 20.2. The number of H-pyrrole nitrogens is 2. The van der Waals surface area contributed by atoms with E-state index in [9.17, 15) is 19.2 Å². The van der Waals surface area contributed by atoms with Crippen LogP contribution in [0.5, 0.6) is 0 Å². The average Bonchev–Trinajstić information content (AvgIpc) is 4.02. The highest BCUT2D eigenvalue weighted by atomic mass is 32.1. The molecular weight excluding hydrogens is 731 g/mol. The van der Waals surface area contributed by atoms with E-state index in [-0.39, 0.29) is 41.6 Å². The van der Waals surface area contributed by atoms with Gasteiger partial charge in [0.15, 0.2) is 0 Å². The maximum atomic E-state index is 13.7. The standard InChI is InChI=1S/C41H47N9O5S/c1-20(2)31(43-22(5)51)39(52)49-15-8-10-29(49)38-45-27-14-12-24-18-30(56-36(24)35(27)47-38)25-17-23-11-13-26-34(33(23)42-19-25)46-37(44-26)28-9-7-16-50(28)40(53)32(21(3)4)48-41(54)55-6/h11-14,17-21,28-29,31-32H,7-10,15-16H2,1-6H3,(H,43,51)(H,44,46)(H,45,47)(H,48,54)/t28-,29-,31-,32-/m0/s1. The molecule has 4 amide bonds. The van der Waals surface area contributed by atoms with E-state index >= 15 is 0 Å². The molecule has 14 nitrogen and oxygen atoms in total. The Labute approximate surface area is 327 Å². The van der Waals surface area contributed by atoms with E-state index in [0.29, 0.717) is 18.9 Å². The van der Waals surface area contributed by atoms with Crippen molar-refractivity contribution in [3.05, 3.63) is 54.2 Å². The number of likely N-dealkylation sites (tertiary alicyclic amines) is 2. The summed E-state index contributed by atoms with van der Waals surface area (Å²) in [6.45, 7) is 10.3. The molecular formula is C41H47N9O5S. The lowest BCUT2D eigenvalue weighted by Gasteiger charge is -2.30. The van der Waals surface area contributed by atoms with Crippen LogP contribution in [0.3, 0.4) is 0 Å². The number of alkyl carbamates (subject to hydrolysis) is 1. The zero-order chi connectivity index (χ0) is 39.4. The first-order valence-electron chi connectivity index (χ1n) is 19.3. The molecule has 56 heavy (non-hydrogen) atoms. The molecule has 4 atom stereocenters. The van der Waals surface area contributed by atoms with Crippen LogP contribution < -0.4 is 10.6 Å². The second-order valence-corrected chi connectivity index (χ2v) is 16.7. The fourth-order valence-corrected chi connectivity index (χ4v) is 9.43. The number of fused-ring (bicyclic) bond motifs is 6. The molecule has 2 aliphatic rings. The van der Waals surface area contributed by atoms with Crippen molar-refractivity contribution in [1.29, 1.82) is 0 Å². The maximum Gasteiger partial charge on any atom is 0.407 e. The summed E-state index contributed by atoms with van der Waals surface area (Å²) in [5, 5.41) is 7.61. The zero-order valence-corrected chi connectivity index (χ0v) is 33.3. The number of amides is 4. The van der Waals surface area contributed by atoms with E-state index in [2.05, 4.69) is 38.8 Å². The number of aromatic nitrogens is 5. The fourth-order valence-electron chi connectivity index (χ4n) is 8.30. The summed E-state index contributed by atoms with van der Waals surface area (Å²) in [6, 6.07) is 10.7. The molecule has 0 spiro atoms. The second-order valence-electron chi connectivity index (χ2n) is 15.6. The smallest absolute Gasteiger partial charge is 0.407 e. The Bertz CT molecular complexity index is 2500. The van der Waals surface area contributed by atoms with E-state index < -0.39 is 18.2 Å². The third-order valence-electron chi connectivity index (χ3n) is 11.2. The number of nitrogens with one attached hydrogen (secondary N) is 4. The van der Waals surface area contributed by atoms with Gasteiger partial charge in [-0.1, -0.05) is 39.8 Å². The van der Waals surface area contributed by atoms with Gasteiger partial charge in [-0.3, -0.25) is 19.4 Å². The van der Waals surface area contributed by atoms with Gasteiger partial charge in [-0.05, 0) is 67.2 Å². The van der Waals surface area contributed by atoms with Crippen molar-refractivity contribution in [3.63, 3.8) is 0 Å². The Morgan fingerprint density at radius 3 is 1.96 bits per heavy atom. The fraction of sp³-hybridized carbons (Fsp3) is 0.439. The SMILES string of the molecule is COC(=O)N[C@H](C(=O)N1CCC[C@H]1c1nc2ccc3cc(-c4cc5ccc6nc([C@@H]7CCCN7C(=O)[C@@H](NC(C)=O)C(C)C)[nH]c6c5s4)cnc3c2[nH]1)C(C)C. The van der Waals surface area contributed by atoms with Gasteiger partial charge in [0, 0.05) is 42.0 Å². The number of methoxy groups -OCH3 is 1. The molecule has 2 aromatic carbocycles. The number of rotatable bonds is 9. The van der Waals surface area contributed by atoms with Crippen molar-refractivity contribution >= 4 is 78.2 Å². The molecule has 6 heterocycles. The van der Waals surface area contributed by atoms with E-state index in [0.717, 1.165) is 85.0 Å². The Balaban J connectivity index is 1.07. The van der Waals surface area contributed by atoms with Gasteiger partial charge >= 0.3 is 6.09 Å². The Kier molecular flexibility index (Phi) is 9.89. The van der Waals surface area contributed by atoms with Gasteiger partial charge < -0.3 is 35.1 Å². The highest BCUT2D eigenvalue weighted by molar-refractivity contribution is 7.23. The molecule has 2 fully saturated rings. The summed E-state index contributed by atoms with van der Waals surface area (Å²) in [7, 11) is 1.29. The number of thiophene rings is 1. The molecule has 2 aliphatic heterocycles. The van der Waals surface area contributed by atoms with Crippen molar-refractivity contribution in [2.75, 3.05) is 20.2 Å². The number of nitrogens with zero attached hydrogens (tertiary/aromatic N) is 5. The summed E-state index contributed by atoms with van der Waals surface area (Å²) in [5.74, 6) is 0.863. The van der Waals surface area contributed by atoms with Crippen molar-refractivity contribution < 1.29 is 23.9 Å². The number of aromatic amines is 2. The van der Waals surface area contributed by atoms with Crippen molar-refractivity contribution in [3.8, 4) is 10.4 Å². The molecule has 0 radical (unpaired) electrons. The van der Waals surface area contributed by atoms with Crippen LogP contribution in [0.25, 0.3) is 53.5 Å². The topological polar surface area (TPSA) is 178 Å². The summed E-state index contributed by atoms with van der Waals surface area (Å²) in [5.41, 5.74) is 5.16.